The molecule has 4 nitrogen and oxygen atoms in total. The number of halogens is 1. The van der Waals surface area contributed by atoms with E-state index in [1.54, 1.807) is 0 Å². The van der Waals surface area contributed by atoms with Crippen molar-refractivity contribution in [3.05, 3.63) is 23.5 Å². The average molecular weight is 288 g/mol. The Labute approximate surface area is 114 Å². The van der Waals surface area contributed by atoms with Gasteiger partial charge in [0, 0.05) is 13.1 Å². The van der Waals surface area contributed by atoms with Gasteiger partial charge in [-0.05, 0) is 37.5 Å². The summed E-state index contributed by atoms with van der Waals surface area (Å²) in [6.45, 7) is 6.25. The quantitative estimate of drug-likeness (QED) is 0.818. The van der Waals surface area contributed by atoms with Crippen LogP contribution in [0.2, 0.25) is 0 Å². The highest BCUT2D eigenvalue weighted by molar-refractivity contribution is 7.89. The second kappa shape index (κ2) is 6.34. The Balaban J connectivity index is 3.25. The van der Waals surface area contributed by atoms with Gasteiger partial charge in [-0.2, -0.15) is 4.31 Å². The Hall–Kier alpha value is -1.14. The molecule has 108 valence electrons. The molecule has 0 bridgehead atoms. The fourth-order valence-electron chi connectivity index (χ4n) is 1.91. The number of aryl methyl sites for hydroxylation is 1. The van der Waals surface area contributed by atoms with Crippen LogP contribution in [0, 0.1) is 12.7 Å². The van der Waals surface area contributed by atoms with Crippen LogP contribution in [-0.4, -0.2) is 25.8 Å². The number of anilines is 1. The third-order valence-electron chi connectivity index (χ3n) is 2.84. The van der Waals surface area contributed by atoms with Crippen molar-refractivity contribution in [1.29, 1.82) is 0 Å². The Bertz CT molecular complexity index is 515. The molecule has 1 aromatic rings. The van der Waals surface area contributed by atoms with Gasteiger partial charge in [0.25, 0.3) is 0 Å². The predicted octanol–water partition coefficient (Wildman–Crippen LogP) is 2.53. The SMILES string of the molecule is CCCN(CCC)S(=O)(=O)c1cc(C)c(F)c(N)c1. The number of rotatable bonds is 6. The summed E-state index contributed by atoms with van der Waals surface area (Å²) in [4.78, 5) is 0.0609. The molecule has 1 rings (SSSR count). The van der Waals surface area contributed by atoms with Crippen LogP contribution in [0.3, 0.4) is 0 Å². The third-order valence-corrected chi connectivity index (χ3v) is 4.72. The molecule has 0 heterocycles. The molecular formula is C13H21FN2O2S. The summed E-state index contributed by atoms with van der Waals surface area (Å²) in [7, 11) is -3.60. The van der Waals surface area contributed by atoms with E-state index >= 15 is 0 Å². The largest absolute Gasteiger partial charge is 0.396 e. The lowest BCUT2D eigenvalue weighted by atomic mass is 10.2. The van der Waals surface area contributed by atoms with Crippen LogP contribution in [0.1, 0.15) is 32.3 Å². The fraction of sp³-hybridized carbons (Fsp3) is 0.538. The van der Waals surface area contributed by atoms with Crippen LogP contribution in [0.5, 0.6) is 0 Å². The van der Waals surface area contributed by atoms with E-state index in [2.05, 4.69) is 0 Å². The maximum atomic E-state index is 13.5. The second-order valence-electron chi connectivity index (χ2n) is 4.55. The highest BCUT2D eigenvalue weighted by atomic mass is 32.2. The summed E-state index contributed by atoms with van der Waals surface area (Å²) in [5.74, 6) is -0.559. The van der Waals surface area contributed by atoms with Crippen LogP contribution in [-0.2, 0) is 10.0 Å². The first kappa shape index (κ1) is 15.9. The summed E-state index contributed by atoms with van der Waals surface area (Å²) in [5.41, 5.74) is 5.62. The van der Waals surface area contributed by atoms with Crippen LogP contribution in [0.25, 0.3) is 0 Å². The molecule has 0 spiro atoms. The van der Waals surface area contributed by atoms with E-state index in [0.29, 0.717) is 13.1 Å². The molecule has 0 aliphatic carbocycles. The van der Waals surface area contributed by atoms with Crippen molar-refractivity contribution < 1.29 is 12.8 Å². The Morgan fingerprint density at radius 1 is 1.21 bits per heavy atom. The van der Waals surface area contributed by atoms with E-state index < -0.39 is 15.8 Å². The minimum absolute atomic E-state index is 0.0609. The minimum atomic E-state index is -3.60. The Morgan fingerprint density at radius 3 is 2.16 bits per heavy atom. The zero-order valence-corrected chi connectivity index (χ0v) is 12.4. The molecule has 0 fully saturated rings. The van der Waals surface area contributed by atoms with Gasteiger partial charge < -0.3 is 5.73 Å². The molecule has 0 saturated carbocycles. The van der Waals surface area contributed by atoms with Gasteiger partial charge in [0.15, 0.2) is 0 Å². The maximum Gasteiger partial charge on any atom is 0.243 e. The van der Waals surface area contributed by atoms with Gasteiger partial charge >= 0.3 is 0 Å². The smallest absolute Gasteiger partial charge is 0.243 e. The third kappa shape index (κ3) is 3.45. The van der Waals surface area contributed by atoms with Crippen molar-refractivity contribution in [1.82, 2.24) is 4.31 Å². The molecular weight excluding hydrogens is 267 g/mol. The van der Waals surface area contributed by atoms with Gasteiger partial charge in [-0.3, -0.25) is 0 Å². The number of benzene rings is 1. The molecule has 0 amide bonds. The van der Waals surface area contributed by atoms with Gasteiger partial charge in [0.2, 0.25) is 10.0 Å². The van der Waals surface area contributed by atoms with E-state index in [9.17, 15) is 12.8 Å². The zero-order chi connectivity index (χ0) is 14.6. The number of nitrogens with zero attached hydrogens (tertiary/aromatic N) is 1. The molecule has 6 heteroatoms. The zero-order valence-electron chi connectivity index (χ0n) is 11.6. The summed E-state index contributed by atoms with van der Waals surface area (Å²) in [6.07, 6.45) is 1.46. The minimum Gasteiger partial charge on any atom is -0.396 e. The monoisotopic (exact) mass is 288 g/mol. The molecule has 0 aliphatic heterocycles. The predicted molar refractivity (Wildman–Crippen MR) is 74.9 cm³/mol. The van der Waals surface area contributed by atoms with E-state index in [4.69, 9.17) is 5.73 Å². The van der Waals surface area contributed by atoms with E-state index in [1.807, 2.05) is 13.8 Å². The normalized spacial score (nSPS) is 12.1. The van der Waals surface area contributed by atoms with E-state index in [-0.39, 0.29) is 16.1 Å². The van der Waals surface area contributed by atoms with Crippen molar-refractivity contribution in [2.75, 3.05) is 18.8 Å². The molecule has 19 heavy (non-hydrogen) atoms. The molecule has 0 aromatic heterocycles. The number of sulfonamides is 1. The van der Waals surface area contributed by atoms with Crippen molar-refractivity contribution in [3.63, 3.8) is 0 Å². The highest BCUT2D eigenvalue weighted by Crippen LogP contribution is 2.23. The molecule has 0 radical (unpaired) electrons. The molecule has 0 aliphatic rings. The van der Waals surface area contributed by atoms with Gasteiger partial charge in [0.05, 0.1) is 10.6 Å². The first-order valence-electron chi connectivity index (χ1n) is 6.40. The summed E-state index contributed by atoms with van der Waals surface area (Å²) in [5, 5.41) is 0. The van der Waals surface area contributed by atoms with E-state index in [1.165, 1.54) is 23.4 Å². The maximum absolute atomic E-state index is 13.5. The number of hydrogen-bond acceptors (Lipinski definition) is 3. The van der Waals surface area contributed by atoms with Gasteiger partial charge in [0.1, 0.15) is 5.82 Å². The lowest BCUT2D eigenvalue weighted by molar-refractivity contribution is 0.410. The van der Waals surface area contributed by atoms with Crippen LogP contribution < -0.4 is 5.73 Å². The molecule has 0 atom stereocenters. The first-order chi connectivity index (χ1) is 8.84. The fourth-order valence-corrected chi connectivity index (χ4v) is 3.66. The Morgan fingerprint density at radius 2 is 1.74 bits per heavy atom. The lowest BCUT2D eigenvalue weighted by Gasteiger charge is -2.21. The molecule has 0 saturated heterocycles. The highest BCUT2D eigenvalue weighted by Gasteiger charge is 2.24. The molecule has 0 unspecified atom stereocenters. The lowest BCUT2D eigenvalue weighted by Crippen LogP contribution is -2.32. The van der Waals surface area contributed by atoms with Crippen molar-refractivity contribution >= 4 is 15.7 Å². The Kier molecular flexibility index (Phi) is 5.31. The van der Waals surface area contributed by atoms with Crippen molar-refractivity contribution in [2.24, 2.45) is 0 Å². The van der Waals surface area contributed by atoms with E-state index in [0.717, 1.165) is 12.8 Å². The van der Waals surface area contributed by atoms with Gasteiger partial charge in [-0.25, -0.2) is 12.8 Å². The van der Waals surface area contributed by atoms with Gasteiger partial charge in [-0.1, -0.05) is 13.8 Å². The number of hydrogen-bond donors (Lipinski definition) is 1. The van der Waals surface area contributed by atoms with Crippen LogP contribution >= 0.6 is 0 Å². The topological polar surface area (TPSA) is 63.4 Å². The van der Waals surface area contributed by atoms with Crippen LogP contribution in [0.15, 0.2) is 17.0 Å². The standard InChI is InChI=1S/C13H21FN2O2S/c1-4-6-16(7-5-2)19(17,18)11-8-10(3)13(14)12(15)9-11/h8-9H,4-7,15H2,1-3H3. The number of nitrogen functional groups attached to an aromatic ring is 1. The number of nitrogens with two attached hydrogens (primary N) is 1. The van der Waals surface area contributed by atoms with Crippen molar-refractivity contribution in [2.45, 2.75) is 38.5 Å². The molecule has 2 N–H and O–H groups in total. The van der Waals surface area contributed by atoms with Crippen molar-refractivity contribution in [3.8, 4) is 0 Å². The summed E-state index contributed by atoms with van der Waals surface area (Å²) in [6, 6.07) is 2.52. The average Bonchev–Trinajstić information content (AvgIpc) is 2.35. The van der Waals surface area contributed by atoms with Gasteiger partial charge in [-0.15, -0.1) is 0 Å². The summed E-state index contributed by atoms with van der Waals surface area (Å²) < 4.78 is 39.8. The van der Waals surface area contributed by atoms with Crippen LogP contribution in [0.4, 0.5) is 10.1 Å². The second-order valence-corrected chi connectivity index (χ2v) is 6.49. The first-order valence-corrected chi connectivity index (χ1v) is 7.84. The summed E-state index contributed by atoms with van der Waals surface area (Å²) >= 11 is 0. The molecule has 1 aromatic carbocycles.